The van der Waals surface area contributed by atoms with Crippen LogP contribution in [0, 0.1) is 11.2 Å². The van der Waals surface area contributed by atoms with Crippen LogP contribution >= 0.6 is 8.60 Å². The maximum Gasteiger partial charge on any atom is 0.332 e. The van der Waals surface area contributed by atoms with E-state index in [4.69, 9.17) is 18.8 Å². The third-order valence-electron chi connectivity index (χ3n) is 0.704. The monoisotopic (exact) mass is 203 g/mol. The molecule has 0 N–H and O–H groups in total. The summed E-state index contributed by atoms with van der Waals surface area (Å²) in [5.41, 5.74) is 0. The predicted molar refractivity (Wildman–Crippen MR) is 53.2 cm³/mol. The summed E-state index contributed by atoms with van der Waals surface area (Å²) >= 11 is 0. The minimum Gasteiger partial charge on any atom is -0.313 e. The maximum absolute atomic E-state index is 7.10. The van der Waals surface area contributed by atoms with Gasteiger partial charge in [-0.25, -0.2) is 5.26 Å². The Balaban J connectivity index is 0. The molecular weight excluding hydrogens is 188 g/mol. The van der Waals surface area contributed by atoms with E-state index in [9.17, 15) is 0 Å². The summed E-state index contributed by atoms with van der Waals surface area (Å²) in [7, 11) is 3.09. The number of hydrogen-bond donors (Lipinski definition) is 0. The molecule has 4 nitrogen and oxygen atoms in total. The van der Waals surface area contributed by atoms with Crippen molar-refractivity contribution in [2.75, 3.05) is 19.8 Å². The summed E-state index contributed by atoms with van der Waals surface area (Å²) in [5, 5.41) is 7.10. The van der Waals surface area contributed by atoms with E-state index in [-0.39, 0.29) is 0 Å². The molecule has 74 valence electrons. The van der Waals surface area contributed by atoms with Gasteiger partial charge in [-0.05, 0) is 26.7 Å². The van der Waals surface area contributed by atoms with Crippen LogP contribution in [0.3, 0.4) is 0 Å². The molecule has 0 saturated carbocycles. The van der Waals surface area contributed by atoms with Crippen LogP contribution in [0.4, 0.5) is 0 Å². The Kier molecular flexibility index (Phi) is 17.0. The first-order valence-corrected chi connectivity index (χ1v) is 5.14. The van der Waals surface area contributed by atoms with E-state index < -0.39 is 8.60 Å². The second-order valence-corrected chi connectivity index (χ2v) is 2.83. The Morgan fingerprint density at radius 3 is 1.46 bits per heavy atom. The molecule has 0 spiro atoms. The van der Waals surface area contributed by atoms with Gasteiger partial charge >= 0.3 is 8.60 Å². The van der Waals surface area contributed by atoms with Crippen LogP contribution in [0.5, 0.6) is 0 Å². The summed E-state index contributed by atoms with van der Waals surface area (Å²) in [5.74, 6) is 1.25. The molecule has 0 unspecified atom stereocenters. The third kappa shape index (κ3) is 14.7. The number of nitriles is 1. The predicted octanol–water partition coefficient (Wildman–Crippen LogP) is 1.96. The highest BCUT2D eigenvalue weighted by atomic mass is 31.2. The fourth-order valence-electron chi connectivity index (χ4n) is 0.428. The summed E-state index contributed by atoms with van der Waals surface area (Å²) < 4.78 is 15.4. The van der Waals surface area contributed by atoms with E-state index in [0.717, 1.165) is 0 Å². The van der Waals surface area contributed by atoms with Crippen LogP contribution in [-0.2, 0) is 13.6 Å². The lowest BCUT2D eigenvalue weighted by Gasteiger charge is -2.12. The van der Waals surface area contributed by atoms with Crippen molar-refractivity contribution in [3.05, 3.63) is 0 Å². The van der Waals surface area contributed by atoms with Crippen molar-refractivity contribution in [2.24, 2.45) is 0 Å². The second-order valence-electron chi connectivity index (χ2n) is 1.61. The molecule has 0 aliphatic carbocycles. The van der Waals surface area contributed by atoms with Crippen molar-refractivity contribution in [2.45, 2.75) is 20.8 Å². The highest BCUT2D eigenvalue weighted by Gasteiger charge is 2.07. The number of hydrogen-bond acceptors (Lipinski definition) is 4. The summed E-state index contributed by atoms with van der Waals surface area (Å²) in [6.45, 7) is 7.71. The molecule has 2 radical (unpaired) electrons. The second kappa shape index (κ2) is 14.4. The summed E-state index contributed by atoms with van der Waals surface area (Å²) in [6, 6.07) is 0. The Morgan fingerprint density at radius 1 is 1.08 bits per heavy atom. The van der Waals surface area contributed by atoms with Crippen molar-refractivity contribution in [3.63, 3.8) is 0 Å². The van der Waals surface area contributed by atoms with Gasteiger partial charge in [-0.3, -0.25) is 0 Å². The zero-order chi connectivity index (χ0) is 10.5. The van der Waals surface area contributed by atoms with Gasteiger partial charge in [0.2, 0.25) is 7.85 Å². The van der Waals surface area contributed by atoms with Crippen molar-refractivity contribution in [1.82, 2.24) is 0 Å². The number of rotatable bonds is 6. The van der Waals surface area contributed by atoms with Gasteiger partial charge in [0.05, 0.1) is 19.8 Å². The van der Waals surface area contributed by atoms with Gasteiger partial charge < -0.3 is 13.6 Å². The lowest BCUT2D eigenvalue weighted by molar-refractivity contribution is 0.176. The molecule has 0 atom stereocenters. The average molecular weight is 203 g/mol. The first kappa shape index (κ1) is 15.3. The lowest BCUT2D eigenvalue weighted by atomic mass is 10.2. The van der Waals surface area contributed by atoms with Crippen LogP contribution in [0.25, 0.3) is 0 Å². The van der Waals surface area contributed by atoms with E-state index in [0.29, 0.717) is 19.8 Å². The van der Waals surface area contributed by atoms with Crippen LogP contribution in [0.15, 0.2) is 0 Å². The molecule has 0 saturated heterocycles. The highest BCUT2D eigenvalue weighted by molar-refractivity contribution is 7.41. The van der Waals surface area contributed by atoms with Gasteiger partial charge in [-0.15, -0.1) is 0 Å². The molecule has 0 aliphatic rings. The molecule has 13 heavy (non-hydrogen) atoms. The largest absolute Gasteiger partial charge is 0.332 e. The minimum atomic E-state index is -1.06. The standard InChI is InChI=1S/C6H15O3P.CBN/c1-4-7-10(8-5-2)9-6-3;2-1-3/h4-6H2,1-3H3;. The molecule has 0 rings (SSSR count). The molecule has 0 aliphatic heterocycles. The fraction of sp³-hybridized carbons (Fsp3) is 0.857. The van der Waals surface area contributed by atoms with Crippen molar-refractivity contribution < 1.29 is 13.6 Å². The van der Waals surface area contributed by atoms with E-state index in [1.165, 1.54) is 5.97 Å². The van der Waals surface area contributed by atoms with Gasteiger partial charge in [-0.2, -0.15) is 0 Å². The van der Waals surface area contributed by atoms with Crippen LogP contribution in [0.1, 0.15) is 20.8 Å². The van der Waals surface area contributed by atoms with Gasteiger partial charge in [0.1, 0.15) is 0 Å². The quantitative estimate of drug-likeness (QED) is 0.489. The highest BCUT2D eigenvalue weighted by Crippen LogP contribution is 2.38. The normalized spacial score (nSPS) is 8.85. The molecule has 0 aromatic rings. The molecule has 6 heteroatoms. The Bertz CT molecular complexity index is 117. The third-order valence-corrected chi connectivity index (χ3v) is 2.11. The smallest absolute Gasteiger partial charge is 0.313 e. The Hall–Kier alpha value is -0.135. The molecular formula is C7H15BNO3P. The summed E-state index contributed by atoms with van der Waals surface area (Å²) in [4.78, 5) is 0. The average Bonchev–Trinajstić information content (AvgIpc) is 2.07. The molecule has 0 amide bonds. The summed E-state index contributed by atoms with van der Waals surface area (Å²) in [6.07, 6.45) is 0. The van der Waals surface area contributed by atoms with Crippen LogP contribution in [-0.4, -0.2) is 27.7 Å². The topological polar surface area (TPSA) is 51.5 Å². The Morgan fingerprint density at radius 2 is 1.31 bits per heavy atom. The maximum atomic E-state index is 7.10. The zero-order valence-electron chi connectivity index (χ0n) is 8.32. The van der Waals surface area contributed by atoms with E-state index in [1.807, 2.05) is 20.8 Å². The van der Waals surface area contributed by atoms with E-state index in [1.54, 1.807) is 0 Å². The first-order valence-electron chi connectivity index (χ1n) is 4.05. The van der Waals surface area contributed by atoms with Crippen LogP contribution in [0.2, 0.25) is 0 Å². The number of nitrogens with zero attached hydrogens (tertiary/aromatic N) is 1. The molecule has 0 bridgehead atoms. The molecule has 0 heterocycles. The zero-order valence-corrected chi connectivity index (χ0v) is 9.21. The van der Waals surface area contributed by atoms with Gasteiger partial charge in [0.15, 0.2) is 0 Å². The molecule has 0 aromatic carbocycles. The van der Waals surface area contributed by atoms with E-state index in [2.05, 4.69) is 7.85 Å². The van der Waals surface area contributed by atoms with Gasteiger partial charge in [0.25, 0.3) is 0 Å². The van der Waals surface area contributed by atoms with Gasteiger partial charge in [0, 0.05) is 0 Å². The van der Waals surface area contributed by atoms with Crippen LogP contribution < -0.4 is 0 Å². The SMILES string of the molecule is CCOP(OCC)OCC.[B]C#N. The lowest BCUT2D eigenvalue weighted by Crippen LogP contribution is -1.94. The Labute approximate surface area is 82.6 Å². The van der Waals surface area contributed by atoms with Gasteiger partial charge in [-0.1, -0.05) is 0 Å². The molecule has 0 fully saturated rings. The van der Waals surface area contributed by atoms with Crippen molar-refractivity contribution >= 4 is 16.4 Å². The first-order chi connectivity index (χ1) is 6.26. The minimum absolute atomic E-state index is 0.645. The van der Waals surface area contributed by atoms with Crippen molar-refractivity contribution in [1.29, 1.82) is 5.26 Å². The van der Waals surface area contributed by atoms with Crippen molar-refractivity contribution in [3.8, 4) is 5.97 Å². The molecule has 0 aromatic heterocycles. The van der Waals surface area contributed by atoms with E-state index >= 15 is 0 Å². The fourth-order valence-corrected chi connectivity index (χ4v) is 1.28.